The maximum Gasteiger partial charge on any atom is 0.106 e. The summed E-state index contributed by atoms with van der Waals surface area (Å²) in [6, 6.07) is 0. The van der Waals surface area contributed by atoms with E-state index in [1.54, 1.807) is 0 Å². The van der Waals surface area contributed by atoms with Gasteiger partial charge in [0.15, 0.2) is 0 Å². The van der Waals surface area contributed by atoms with Gasteiger partial charge in [-0.3, -0.25) is 0 Å². The first-order chi connectivity index (χ1) is 3.31. The Labute approximate surface area is 46.2 Å². The van der Waals surface area contributed by atoms with E-state index in [2.05, 4.69) is 20.4 Å². The van der Waals surface area contributed by atoms with E-state index in [1.165, 1.54) is 0 Å². The molecule has 0 aromatic rings. The monoisotopic (exact) mass is 95.1 g/mol. The third-order valence-electron chi connectivity index (χ3n) is 0.754. The van der Waals surface area contributed by atoms with Crippen molar-refractivity contribution in [3.8, 4) is 0 Å². The summed E-state index contributed by atoms with van der Waals surface area (Å²) in [5, 5.41) is 0. The van der Waals surface area contributed by atoms with Crippen LogP contribution in [0.25, 0.3) is 0 Å². The average Bonchev–Trinajstić information content (AvgIpc) is 1.68. The summed E-state index contributed by atoms with van der Waals surface area (Å²) in [5.74, 6) is 0. The Morgan fingerprint density at radius 1 is 1.86 bits per heavy atom. The summed E-state index contributed by atoms with van der Waals surface area (Å²) in [7, 11) is 0. The van der Waals surface area contributed by atoms with Crippen LogP contribution in [0.5, 0.6) is 0 Å². The Hall–Kier alpha value is -0.390. The molecule has 39 valence electrons. The number of rotatable bonds is 3. The lowest BCUT2D eigenvalue weighted by Crippen LogP contribution is -1.75. The molecular weight excluding hydrogens is 84.1 g/mol. The van der Waals surface area contributed by atoms with Crippen LogP contribution in [-0.2, 0) is 0 Å². The highest BCUT2D eigenvalue weighted by molar-refractivity contribution is 5.08. The summed E-state index contributed by atoms with van der Waals surface area (Å²) in [6.45, 7) is 11.0. The standard InChI is InChI=1S/C7H11/c1-4-6-7(3)5-2/h6H,1-5H2. The zero-order chi connectivity index (χ0) is 5.70. The highest BCUT2D eigenvalue weighted by atomic mass is 13.9. The van der Waals surface area contributed by atoms with Crippen LogP contribution in [0.15, 0.2) is 12.2 Å². The third-order valence-corrected chi connectivity index (χ3v) is 0.754. The second kappa shape index (κ2) is 3.79. The van der Waals surface area contributed by atoms with Crippen molar-refractivity contribution in [3.63, 3.8) is 0 Å². The van der Waals surface area contributed by atoms with E-state index < -0.39 is 0 Å². The van der Waals surface area contributed by atoms with Crippen LogP contribution >= 0.6 is 0 Å². The SMILES string of the molecule is C=C([CH]C[CH2-])C[CH2+]. The van der Waals surface area contributed by atoms with Crippen LogP contribution in [0, 0.1) is 20.3 Å². The van der Waals surface area contributed by atoms with E-state index in [1.807, 2.05) is 6.42 Å². The van der Waals surface area contributed by atoms with Crippen LogP contribution in [0.1, 0.15) is 12.8 Å². The lowest BCUT2D eigenvalue weighted by atomic mass is 10.1. The highest BCUT2D eigenvalue weighted by Gasteiger charge is 1.86. The van der Waals surface area contributed by atoms with Crippen LogP contribution < -0.4 is 0 Å². The van der Waals surface area contributed by atoms with Crippen molar-refractivity contribution in [3.05, 3.63) is 32.4 Å². The van der Waals surface area contributed by atoms with Gasteiger partial charge in [-0.1, -0.05) is 6.58 Å². The number of hydrogen-bond donors (Lipinski definition) is 0. The summed E-state index contributed by atoms with van der Waals surface area (Å²) < 4.78 is 0. The summed E-state index contributed by atoms with van der Waals surface area (Å²) in [6.07, 6.45) is 3.61. The molecule has 0 atom stereocenters. The first-order valence-electron chi connectivity index (χ1n) is 2.40. The lowest BCUT2D eigenvalue weighted by Gasteiger charge is -1.94. The van der Waals surface area contributed by atoms with Crippen molar-refractivity contribution < 1.29 is 0 Å². The van der Waals surface area contributed by atoms with Crippen molar-refractivity contribution in [2.45, 2.75) is 12.8 Å². The fourth-order valence-corrected chi connectivity index (χ4v) is 0.306. The van der Waals surface area contributed by atoms with Gasteiger partial charge in [-0.2, -0.15) is 6.42 Å². The molecule has 0 fully saturated rings. The Kier molecular flexibility index (Phi) is 3.58. The van der Waals surface area contributed by atoms with Gasteiger partial charge in [-0.25, -0.2) is 0 Å². The molecule has 0 heterocycles. The van der Waals surface area contributed by atoms with E-state index >= 15 is 0 Å². The zero-order valence-corrected chi connectivity index (χ0v) is 4.61. The first kappa shape index (κ1) is 6.61. The molecule has 0 aromatic heterocycles. The maximum absolute atomic E-state index is 3.70. The van der Waals surface area contributed by atoms with Gasteiger partial charge in [0, 0.05) is 0 Å². The van der Waals surface area contributed by atoms with Gasteiger partial charge in [0.1, 0.15) is 6.42 Å². The van der Waals surface area contributed by atoms with Gasteiger partial charge in [0.05, 0.1) is 6.92 Å². The molecule has 0 unspecified atom stereocenters. The van der Waals surface area contributed by atoms with Gasteiger partial charge >= 0.3 is 0 Å². The van der Waals surface area contributed by atoms with Crippen molar-refractivity contribution >= 4 is 0 Å². The number of allylic oxidation sites excluding steroid dienone is 1. The Morgan fingerprint density at radius 2 is 2.43 bits per heavy atom. The molecule has 0 heteroatoms. The van der Waals surface area contributed by atoms with Gasteiger partial charge < -0.3 is 6.92 Å². The molecule has 7 heavy (non-hydrogen) atoms. The predicted octanol–water partition coefficient (Wildman–Crippen LogP) is 2.20. The predicted molar refractivity (Wildman–Crippen MR) is 33.4 cm³/mol. The molecule has 0 nitrogen and oxygen atoms in total. The summed E-state index contributed by atoms with van der Waals surface area (Å²) >= 11 is 0. The fraction of sp³-hybridized carbons (Fsp3) is 0.286. The van der Waals surface area contributed by atoms with Gasteiger partial charge in [-0.05, 0) is 12.0 Å². The van der Waals surface area contributed by atoms with E-state index in [9.17, 15) is 0 Å². The Morgan fingerprint density at radius 3 is 2.57 bits per heavy atom. The topological polar surface area (TPSA) is 0 Å². The normalized spacial score (nSPS) is 8.71. The minimum absolute atomic E-state index is 0.801. The van der Waals surface area contributed by atoms with Gasteiger partial charge in [0.25, 0.3) is 0 Å². The molecule has 0 saturated heterocycles. The van der Waals surface area contributed by atoms with E-state index in [0.29, 0.717) is 0 Å². The molecule has 0 spiro atoms. The fourth-order valence-electron chi connectivity index (χ4n) is 0.306. The summed E-state index contributed by atoms with van der Waals surface area (Å²) in [5.41, 5.74) is 1.08. The molecule has 0 amide bonds. The van der Waals surface area contributed by atoms with Crippen LogP contribution in [0.2, 0.25) is 0 Å². The minimum Gasteiger partial charge on any atom is -0.343 e. The minimum atomic E-state index is 0.801. The van der Waals surface area contributed by atoms with Crippen LogP contribution in [-0.4, -0.2) is 0 Å². The van der Waals surface area contributed by atoms with Crippen LogP contribution in [0.3, 0.4) is 0 Å². The molecule has 0 aliphatic rings. The van der Waals surface area contributed by atoms with Crippen molar-refractivity contribution in [1.29, 1.82) is 0 Å². The summed E-state index contributed by atoms with van der Waals surface area (Å²) in [4.78, 5) is 0. The smallest absolute Gasteiger partial charge is 0.106 e. The molecule has 0 saturated carbocycles. The van der Waals surface area contributed by atoms with Crippen molar-refractivity contribution in [2.24, 2.45) is 0 Å². The van der Waals surface area contributed by atoms with Gasteiger partial charge in [0.2, 0.25) is 0 Å². The molecule has 1 radical (unpaired) electrons. The molecule has 0 aliphatic heterocycles. The molecule has 0 N–H and O–H groups in total. The molecule has 0 bridgehead atoms. The zero-order valence-electron chi connectivity index (χ0n) is 4.61. The largest absolute Gasteiger partial charge is 0.343 e. The quantitative estimate of drug-likeness (QED) is 0.471. The van der Waals surface area contributed by atoms with E-state index in [-0.39, 0.29) is 0 Å². The molecule has 0 aliphatic carbocycles. The highest BCUT2D eigenvalue weighted by Crippen LogP contribution is 2.01. The Balaban J connectivity index is 3.00. The molecule has 0 aromatic carbocycles. The van der Waals surface area contributed by atoms with E-state index in [0.717, 1.165) is 18.4 Å². The molecular formula is C7H11. The van der Waals surface area contributed by atoms with Crippen LogP contribution in [0.4, 0.5) is 0 Å². The number of hydrogen-bond acceptors (Lipinski definition) is 0. The van der Waals surface area contributed by atoms with Crippen molar-refractivity contribution in [2.75, 3.05) is 0 Å². The van der Waals surface area contributed by atoms with E-state index in [4.69, 9.17) is 0 Å². The maximum atomic E-state index is 3.70. The molecule has 0 rings (SSSR count). The van der Waals surface area contributed by atoms with Gasteiger partial charge in [-0.15, -0.1) is 0 Å². The second-order valence-corrected chi connectivity index (χ2v) is 1.40. The third kappa shape index (κ3) is 3.44. The first-order valence-corrected chi connectivity index (χ1v) is 2.40. The average molecular weight is 95.2 g/mol. The Bertz CT molecular complexity index is 53.1. The lowest BCUT2D eigenvalue weighted by molar-refractivity contribution is 1.14. The second-order valence-electron chi connectivity index (χ2n) is 1.40. The van der Waals surface area contributed by atoms with Crippen molar-refractivity contribution in [1.82, 2.24) is 0 Å².